The molecule has 0 heterocycles. The molecule has 2 heteroatoms. The maximum absolute atomic E-state index is 13.7. The van der Waals surface area contributed by atoms with Gasteiger partial charge in [-0.2, -0.15) is 0 Å². The van der Waals surface area contributed by atoms with E-state index in [1.54, 1.807) is 12.1 Å². The summed E-state index contributed by atoms with van der Waals surface area (Å²) in [7, 11) is -1.52. The molecule has 4 rings (SSSR count). The van der Waals surface area contributed by atoms with E-state index < -0.39 is 8.80 Å². The van der Waals surface area contributed by atoms with E-state index in [2.05, 4.69) is 84.9 Å². The maximum atomic E-state index is 13.7. The van der Waals surface area contributed by atoms with E-state index in [4.69, 9.17) is 0 Å². The summed E-state index contributed by atoms with van der Waals surface area (Å²) in [5.41, 5.74) is 12.1. The first kappa shape index (κ1) is 23.4. The highest BCUT2D eigenvalue weighted by molar-refractivity contribution is 6.85. The fourth-order valence-corrected chi connectivity index (χ4v) is 9.55. The van der Waals surface area contributed by atoms with Crippen LogP contribution in [-0.4, -0.2) is 8.80 Å². The zero-order valence-electron chi connectivity index (χ0n) is 21.0. The predicted octanol–water partition coefficient (Wildman–Crippen LogP) is 6.84. The molecule has 170 valence electrons. The van der Waals surface area contributed by atoms with E-state index in [-0.39, 0.29) is 5.82 Å². The Balaban J connectivity index is 1.84. The molecule has 0 N–H and O–H groups in total. The molecule has 33 heavy (non-hydrogen) atoms. The maximum Gasteiger partial charge on any atom is 0.123 e. The van der Waals surface area contributed by atoms with Gasteiger partial charge in [-0.3, -0.25) is 0 Å². The summed E-state index contributed by atoms with van der Waals surface area (Å²) in [5, 5.41) is 3.04. The lowest BCUT2D eigenvalue weighted by Crippen LogP contribution is -2.44. The minimum Gasteiger partial charge on any atom is -0.207 e. The molecule has 1 aliphatic rings. The van der Waals surface area contributed by atoms with E-state index in [9.17, 15) is 4.39 Å². The molecule has 0 saturated heterocycles. The second kappa shape index (κ2) is 9.27. The number of halogens is 1. The Morgan fingerprint density at radius 3 is 1.55 bits per heavy atom. The number of benzene rings is 3. The number of aryl methyl sites for hydroxylation is 4. The first-order valence-corrected chi connectivity index (χ1v) is 13.9. The van der Waals surface area contributed by atoms with E-state index >= 15 is 0 Å². The minimum absolute atomic E-state index is 0.175. The van der Waals surface area contributed by atoms with Crippen LogP contribution in [0, 0.1) is 39.4 Å². The van der Waals surface area contributed by atoms with Crippen molar-refractivity contribution in [2.75, 3.05) is 0 Å². The normalized spacial score (nSPS) is 16.3. The molecule has 0 fully saturated rings. The average Bonchev–Trinajstić information content (AvgIpc) is 2.94. The molecule has 0 amide bonds. The Hall–Kier alpha value is -2.71. The first-order chi connectivity index (χ1) is 15.6. The van der Waals surface area contributed by atoms with Crippen molar-refractivity contribution in [1.82, 2.24) is 0 Å². The number of rotatable bonds is 5. The largest absolute Gasteiger partial charge is 0.207 e. The molecule has 0 bridgehead atoms. The molecular weight excluding hydrogens is 419 g/mol. The summed E-state index contributed by atoms with van der Waals surface area (Å²) in [4.78, 5) is 0. The van der Waals surface area contributed by atoms with Crippen molar-refractivity contribution in [1.29, 1.82) is 0 Å². The molecule has 3 aromatic rings. The van der Waals surface area contributed by atoms with Gasteiger partial charge in [0.2, 0.25) is 0 Å². The predicted molar refractivity (Wildman–Crippen MR) is 144 cm³/mol. The second-order valence-corrected chi connectivity index (χ2v) is 12.9. The number of hydrogen-bond donors (Lipinski definition) is 0. The van der Waals surface area contributed by atoms with Crippen LogP contribution in [0.2, 0.25) is 6.04 Å². The van der Waals surface area contributed by atoms with Gasteiger partial charge in [0, 0.05) is 5.92 Å². The minimum atomic E-state index is -1.52. The zero-order chi connectivity index (χ0) is 23.9. The van der Waals surface area contributed by atoms with E-state index in [0.717, 1.165) is 11.6 Å². The summed E-state index contributed by atoms with van der Waals surface area (Å²) in [5.74, 6) is 0.194. The van der Waals surface area contributed by atoms with E-state index in [1.165, 1.54) is 54.9 Å². The van der Waals surface area contributed by atoms with Gasteiger partial charge in [0.1, 0.15) is 14.6 Å². The van der Waals surface area contributed by atoms with Crippen LogP contribution < -0.4 is 10.4 Å². The van der Waals surface area contributed by atoms with Crippen LogP contribution >= 0.6 is 0 Å². The van der Waals surface area contributed by atoms with E-state index in [0.29, 0.717) is 5.92 Å². The molecule has 0 nitrogen and oxygen atoms in total. The molecule has 0 aliphatic heterocycles. The van der Waals surface area contributed by atoms with Crippen molar-refractivity contribution in [2.24, 2.45) is 5.92 Å². The van der Waals surface area contributed by atoms with Crippen molar-refractivity contribution >= 4 is 24.7 Å². The Kier molecular flexibility index (Phi) is 6.58. The van der Waals surface area contributed by atoms with Gasteiger partial charge in [0.25, 0.3) is 0 Å². The average molecular weight is 455 g/mol. The van der Waals surface area contributed by atoms with Gasteiger partial charge >= 0.3 is 0 Å². The van der Waals surface area contributed by atoms with Crippen molar-refractivity contribution in [3.63, 3.8) is 0 Å². The third-order valence-electron chi connectivity index (χ3n) is 7.35. The van der Waals surface area contributed by atoms with Crippen LogP contribution in [0.1, 0.15) is 48.6 Å². The molecule has 0 radical (unpaired) electrons. The summed E-state index contributed by atoms with van der Waals surface area (Å²) in [6.07, 6.45) is 0. The standard InChI is InChI=1S/C31H35FSi/c1-19-12-20(2)15-28(14-19)33(29-16-21(3)13-22(4)17-29)18-30-24(6)23(5)25(7)31(30)26-8-10-27(32)11-9-26/h8-17,30,33H,18H2,1-7H3. The summed E-state index contributed by atoms with van der Waals surface area (Å²) in [6.45, 7) is 15.6. The molecule has 3 aromatic carbocycles. The highest BCUT2D eigenvalue weighted by Crippen LogP contribution is 2.45. The fraction of sp³-hybridized carbons (Fsp3) is 0.290. The Labute approximate surface area is 200 Å². The van der Waals surface area contributed by atoms with Gasteiger partial charge in [-0.15, -0.1) is 0 Å². The van der Waals surface area contributed by atoms with Crippen LogP contribution in [-0.2, 0) is 0 Å². The third-order valence-corrected chi connectivity index (χ3v) is 10.6. The summed E-state index contributed by atoms with van der Waals surface area (Å²) in [6, 6.07) is 22.4. The van der Waals surface area contributed by atoms with E-state index in [1.807, 2.05) is 12.1 Å². The van der Waals surface area contributed by atoms with Crippen LogP contribution in [0.3, 0.4) is 0 Å². The van der Waals surface area contributed by atoms with Crippen molar-refractivity contribution in [3.05, 3.63) is 111 Å². The summed E-state index contributed by atoms with van der Waals surface area (Å²) < 4.78 is 13.7. The van der Waals surface area contributed by atoms with Gasteiger partial charge in [0.05, 0.1) is 0 Å². The Morgan fingerprint density at radius 2 is 1.09 bits per heavy atom. The molecule has 1 aliphatic carbocycles. The quantitative estimate of drug-likeness (QED) is 0.370. The zero-order valence-corrected chi connectivity index (χ0v) is 22.2. The van der Waals surface area contributed by atoms with Gasteiger partial charge in [-0.25, -0.2) is 4.39 Å². The SMILES string of the molecule is CC1=C(C)C(C[SiH](c2cc(C)cc(C)c2)c2cc(C)cc(C)c2)C(c2ccc(F)cc2)=C1C. The van der Waals surface area contributed by atoms with Crippen molar-refractivity contribution in [2.45, 2.75) is 54.5 Å². The van der Waals surface area contributed by atoms with Crippen LogP contribution in [0.25, 0.3) is 5.57 Å². The lowest BCUT2D eigenvalue weighted by atomic mass is 9.91. The smallest absolute Gasteiger partial charge is 0.123 e. The second-order valence-electron chi connectivity index (χ2n) is 10.0. The van der Waals surface area contributed by atoms with Crippen LogP contribution in [0.5, 0.6) is 0 Å². The van der Waals surface area contributed by atoms with Crippen LogP contribution in [0.15, 0.2) is 77.4 Å². The van der Waals surface area contributed by atoms with Gasteiger partial charge in [0.15, 0.2) is 0 Å². The van der Waals surface area contributed by atoms with Gasteiger partial charge < -0.3 is 0 Å². The van der Waals surface area contributed by atoms with Crippen molar-refractivity contribution < 1.29 is 4.39 Å². The monoisotopic (exact) mass is 454 g/mol. The summed E-state index contributed by atoms with van der Waals surface area (Å²) >= 11 is 0. The van der Waals surface area contributed by atoms with Gasteiger partial charge in [-0.1, -0.05) is 86.7 Å². The molecule has 0 spiro atoms. The lowest BCUT2D eigenvalue weighted by Gasteiger charge is -2.26. The number of hydrogen-bond acceptors (Lipinski definition) is 0. The third kappa shape index (κ3) is 4.82. The molecule has 0 saturated carbocycles. The fourth-order valence-electron chi connectivity index (χ4n) is 5.70. The Morgan fingerprint density at radius 1 is 0.636 bits per heavy atom. The molecular formula is C31H35FSi. The number of allylic oxidation sites excluding steroid dienone is 4. The Bertz CT molecular complexity index is 1170. The highest BCUT2D eigenvalue weighted by atomic mass is 28.3. The lowest BCUT2D eigenvalue weighted by molar-refractivity contribution is 0.627. The molecule has 1 unspecified atom stereocenters. The van der Waals surface area contributed by atoms with Crippen molar-refractivity contribution in [3.8, 4) is 0 Å². The highest BCUT2D eigenvalue weighted by Gasteiger charge is 2.32. The van der Waals surface area contributed by atoms with Gasteiger partial charge in [-0.05, 0) is 88.9 Å². The molecule has 1 atom stereocenters. The molecule has 0 aromatic heterocycles. The topological polar surface area (TPSA) is 0 Å². The first-order valence-electron chi connectivity index (χ1n) is 11.9. The van der Waals surface area contributed by atoms with Crippen LogP contribution in [0.4, 0.5) is 4.39 Å².